The number of benzene rings is 3. The van der Waals surface area contributed by atoms with E-state index in [1.54, 1.807) is 42.5 Å². The lowest BCUT2D eigenvalue weighted by Crippen LogP contribution is -2.09. The van der Waals surface area contributed by atoms with Crippen molar-refractivity contribution in [3.63, 3.8) is 0 Å². The highest BCUT2D eigenvalue weighted by Crippen LogP contribution is 2.19. The lowest BCUT2D eigenvalue weighted by atomic mass is 10.0. The van der Waals surface area contributed by atoms with Crippen LogP contribution in [0.2, 0.25) is 0 Å². The maximum Gasteiger partial charge on any atom is 0.343 e. The van der Waals surface area contributed by atoms with Gasteiger partial charge in [-0.25, -0.2) is 4.79 Å². The molecule has 0 spiro atoms. The number of anilines is 2. The van der Waals surface area contributed by atoms with E-state index in [-0.39, 0.29) is 11.3 Å². The Morgan fingerprint density at radius 3 is 2.12 bits per heavy atom. The van der Waals surface area contributed by atoms with Crippen LogP contribution in [0.1, 0.15) is 58.0 Å². The van der Waals surface area contributed by atoms with Gasteiger partial charge in [-0.2, -0.15) is 0 Å². The number of hydrogen-bond donors (Lipinski definition) is 2. The van der Waals surface area contributed by atoms with Gasteiger partial charge in [0.2, 0.25) is 0 Å². The van der Waals surface area contributed by atoms with Gasteiger partial charge in [0.25, 0.3) is 0 Å². The van der Waals surface area contributed by atoms with Crippen LogP contribution in [0.15, 0.2) is 72.8 Å². The van der Waals surface area contributed by atoms with E-state index in [0.717, 1.165) is 12.0 Å². The molecule has 0 saturated heterocycles. The molecule has 0 radical (unpaired) electrons. The van der Waals surface area contributed by atoms with Gasteiger partial charge in [-0.05, 0) is 60.4 Å². The van der Waals surface area contributed by atoms with E-state index < -0.39 is 5.97 Å². The second-order valence-corrected chi connectivity index (χ2v) is 7.70. The van der Waals surface area contributed by atoms with Crippen LogP contribution < -0.4 is 16.2 Å². The van der Waals surface area contributed by atoms with Gasteiger partial charge in [-0.3, -0.25) is 4.79 Å². The Kier molecular flexibility index (Phi) is 7.81. The molecule has 0 unspecified atom stereocenters. The standard InChI is InChI=1S/C27H28N2O3/c1-2-3-4-5-19-6-11-21(12-7-19)26(30)15-10-20-8-13-25(14-9-20)32-27(31)22-16-23(28)18-24(29)17-22/h6-18H,2-5,28-29H2,1H3. The van der Waals surface area contributed by atoms with Crippen molar-refractivity contribution < 1.29 is 14.3 Å². The molecule has 0 aliphatic carbocycles. The number of esters is 1. The van der Waals surface area contributed by atoms with Crippen molar-refractivity contribution >= 4 is 29.2 Å². The number of nitrogens with two attached hydrogens (primary N) is 2. The Bertz CT molecular complexity index is 1080. The van der Waals surface area contributed by atoms with Gasteiger partial charge >= 0.3 is 5.97 Å². The zero-order chi connectivity index (χ0) is 22.9. The molecular weight excluding hydrogens is 400 g/mol. The molecule has 164 valence electrons. The normalized spacial score (nSPS) is 10.9. The van der Waals surface area contributed by atoms with Crippen LogP contribution in [0.5, 0.6) is 5.75 Å². The van der Waals surface area contributed by atoms with Crippen molar-refractivity contribution in [1.82, 2.24) is 0 Å². The SMILES string of the molecule is CCCCCc1ccc(C(=O)C=Cc2ccc(OC(=O)c3cc(N)cc(N)c3)cc2)cc1. The lowest BCUT2D eigenvalue weighted by molar-refractivity contribution is 0.0734. The molecule has 0 heterocycles. The van der Waals surface area contributed by atoms with Gasteiger partial charge in [0.15, 0.2) is 5.78 Å². The molecule has 5 nitrogen and oxygen atoms in total. The predicted octanol–water partition coefficient (Wildman–Crippen LogP) is 5.70. The minimum absolute atomic E-state index is 0.0557. The Morgan fingerprint density at radius 1 is 0.844 bits per heavy atom. The van der Waals surface area contributed by atoms with E-state index in [2.05, 4.69) is 6.92 Å². The monoisotopic (exact) mass is 428 g/mol. The molecule has 0 aliphatic rings. The summed E-state index contributed by atoms with van der Waals surface area (Å²) in [4.78, 5) is 24.7. The number of nitrogen functional groups attached to an aromatic ring is 2. The van der Waals surface area contributed by atoms with Crippen LogP contribution in [0.25, 0.3) is 6.08 Å². The fraction of sp³-hybridized carbons (Fsp3) is 0.185. The largest absolute Gasteiger partial charge is 0.423 e. The van der Waals surface area contributed by atoms with Crippen molar-refractivity contribution in [3.8, 4) is 5.75 Å². The van der Waals surface area contributed by atoms with E-state index in [1.807, 2.05) is 24.3 Å². The minimum Gasteiger partial charge on any atom is -0.423 e. The summed E-state index contributed by atoms with van der Waals surface area (Å²) in [6.45, 7) is 2.19. The van der Waals surface area contributed by atoms with Crippen LogP contribution in [0.3, 0.4) is 0 Å². The molecule has 0 saturated carbocycles. The Balaban J connectivity index is 1.57. The first-order chi connectivity index (χ1) is 15.4. The van der Waals surface area contributed by atoms with Crippen LogP contribution in [-0.2, 0) is 6.42 Å². The number of ketones is 1. The third-order valence-electron chi connectivity index (χ3n) is 5.04. The predicted molar refractivity (Wildman–Crippen MR) is 130 cm³/mol. The third kappa shape index (κ3) is 6.57. The Hall–Kier alpha value is -3.86. The van der Waals surface area contributed by atoms with Crippen molar-refractivity contribution in [2.75, 3.05) is 11.5 Å². The maximum absolute atomic E-state index is 12.4. The van der Waals surface area contributed by atoms with E-state index >= 15 is 0 Å². The highest BCUT2D eigenvalue weighted by atomic mass is 16.5. The van der Waals surface area contributed by atoms with Gasteiger partial charge < -0.3 is 16.2 Å². The highest BCUT2D eigenvalue weighted by molar-refractivity contribution is 6.06. The minimum atomic E-state index is -0.541. The molecule has 3 rings (SSSR count). The van der Waals surface area contributed by atoms with Crippen molar-refractivity contribution in [3.05, 3.63) is 95.1 Å². The van der Waals surface area contributed by atoms with Crippen molar-refractivity contribution in [2.24, 2.45) is 0 Å². The molecule has 0 aromatic heterocycles. The van der Waals surface area contributed by atoms with Gasteiger partial charge in [0.05, 0.1) is 5.56 Å². The summed E-state index contributed by atoms with van der Waals surface area (Å²) in [7, 11) is 0. The summed E-state index contributed by atoms with van der Waals surface area (Å²) in [6.07, 6.45) is 7.91. The molecule has 0 bridgehead atoms. The average Bonchev–Trinajstić information content (AvgIpc) is 2.78. The number of aryl methyl sites for hydroxylation is 1. The fourth-order valence-corrected chi connectivity index (χ4v) is 3.29. The number of carbonyl (C=O) groups is 2. The van der Waals surface area contributed by atoms with E-state index in [0.29, 0.717) is 22.7 Å². The molecular formula is C27H28N2O3. The molecule has 3 aromatic rings. The second kappa shape index (κ2) is 11.0. The smallest absolute Gasteiger partial charge is 0.343 e. The van der Waals surface area contributed by atoms with E-state index in [4.69, 9.17) is 16.2 Å². The number of carbonyl (C=O) groups excluding carboxylic acids is 2. The first kappa shape index (κ1) is 22.8. The van der Waals surface area contributed by atoms with Crippen molar-refractivity contribution in [1.29, 1.82) is 0 Å². The number of ether oxygens (including phenoxy) is 1. The summed E-state index contributed by atoms with van der Waals surface area (Å²) < 4.78 is 5.37. The topological polar surface area (TPSA) is 95.4 Å². The summed E-state index contributed by atoms with van der Waals surface area (Å²) in [6, 6.07) is 19.3. The molecule has 3 aromatic carbocycles. The van der Waals surface area contributed by atoms with Crippen LogP contribution >= 0.6 is 0 Å². The number of hydrogen-bond acceptors (Lipinski definition) is 5. The summed E-state index contributed by atoms with van der Waals surface area (Å²) in [5.41, 5.74) is 15.3. The second-order valence-electron chi connectivity index (χ2n) is 7.70. The quantitative estimate of drug-likeness (QED) is 0.114. The molecule has 5 heteroatoms. The molecule has 0 amide bonds. The highest BCUT2D eigenvalue weighted by Gasteiger charge is 2.10. The number of unbranched alkanes of at least 4 members (excludes halogenated alkanes) is 2. The Labute approximate surface area is 188 Å². The van der Waals surface area contributed by atoms with Gasteiger partial charge in [0.1, 0.15) is 5.75 Å². The molecule has 4 N–H and O–H groups in total. The van der Waals surface area contributed by atoms with Crippen molar-refractivity contribution in [2.45, 2.75) is 32.6 Å². The summed E-state index contributed by atoms with van der Waals surface area (Å²) in [5.74, 6) is -0.210. The molecule has 0 atom stereocenters. The summed E-state index contributed by atoms with van der Waals surface area (Å²) >= 11 is 0. The zero-order valence-corrected chi connectivity index (χ0v) is 18.2. The lowest BCUT2D eigenvalue weighted by Gasteiger charge is -2.06. The average molecular weight is 429 g/mol. The Morgan fingerprint density at radius 2 is 1.50 bits per heavy atom. The van der Waals surface area contributed by atoms with Crippen LogP contribution in [-0.4, -0.2) is 11.8 Å². The maximum atomic E-state index is 12.4. The fourth-order valence-electron chi connectivity index (χ4n) is 3.29. The van der Waals surface area contributed by atoms with E-state index in [9.17, 15) is 9.59 Å². The molecule has 0 fully saturated rings. The van der Waals surface area contributed by atoms with Gasteiger partial charge in [0, 0.05) is 16.9 Å². The first-order valence-corrected chi connectivity index (χ1v) is 10.7. The van der Waals surface area contributed by atoms with Crippen LogP contribution in [0.4, 0.5) is 11.4 Å². The van der Waals surface area contributed by atoms with E-state index in [1.165, 1.54) is 37.0 Å². The number of allylic oxidation sites excluding steroid dienone is 1. The van der Waals surface area contributed by atoms with Gasteiger partial charge in [-0.1, -0.05) is 62.2 Å². The first-order valence-electron chi connectivity index (χ1n) is 10.7. The van der Waals surface area contributed by atoms with Gasteiger partial charge in [-0.15, -0.1) is 0 Å². The third-order valence-corrected chi connectivity index (χ3v) is 5.04. The molecule has 32 heavy (non-hydrogen) atoms. The van der Waals surface area contributed by atoms with Crippen LogP contribution in [0, 0.1) is 0 Å². The number of rotatable bonds is 9. The zero-order valence-electron chi connectivity index (χ0n) is 18.2. The molecule has 0 aliphatic heterocycles. The summed E-state index contributed by atoms with van der Waals surface area (Å²) in [5, 5.41) is 0.